The number of rotatable bonds is 8. The molecule has 0 spiro atoms. The predicted octanol–water partition coefficient (Wildman–Crippen LogP) is 5.12. The summed E-state index contributed by atoms with van der Waals surface area (Å²) in [5.74, 6) is 1.42. The van der Waals surface area contributed by atoms with Crippen LogP contribution in [0.3, 0.4) is 0 Å². The first-order chi connectivity index (χ1) is 14.5. The van der Waals surface area contributed by atoms with E-state index in [1.807, 2.05) is 43.3 Å². The molecule has 3 rings (SSSR count). The summed E-state index contributed by atoms with van der Waals surface area (Å²) in [6, 6.07) is 11.1. The molecule has 1 aromatic carbocycles. The molecule has 1 fully saturated rings. The molecule has 0 bridgehead atoms. The Labute approximate surface area is 182 Å². The van der Waals surface area contributed by atoms with Crippen molar-refractivity contribution in [2.45, 2.75) is 56.1 Å². The van der Waals surface area contributed by atoms with E-state index in [1.54, 1.807) is 6.20 Å². The number of carbonyl (C=O) groups excluding carboxylic acids is 2. The summed E-state index contributed by atoms with van der Waals surface area (Å²) in [6.07, 6.45) is 7.92. The van der Waals surface area contributed by atoms with Crippen LogP contribution in [0.15, 0.2) is 47.5 Å². The van der Waals surface area contributed by atoms with Gasteiger partial charge in [0.15, 0.2) is 11.6 Å². The first-order valence-electron chi connectivity index (χ1n) is 10.4. The van der Waals surface area contributed by atoms with E-state index in [2.05, 4.69) is 15.6 Å². The summed E-state index contributed by atoms with van der Waals surface area (Å²) in [5.41, 5.74) is 0.734. The Balaban J connectivity index is 1.55. The molecule has 1 aliphatic rings. The summed E-state index contributed by atoms with van der Waals surface area (Å²) in [4.78, 5) is 29.1. The molecule has 0 aliphatic heterocycles. The van der Waals surface area contributed by atoms with Crippen molar-refractivity contribution in [1.82, 2.24) is 4.98 Å². The van der Waals surface area contributed by atoms with E-state index in [1.165, 1.54) is 50.8 Å². The molecular weight excluding hydrogens is 398 g/mol. The lowest BCUT2D eigenvalue weighted by molar-refractivity contribution is -0.115. The maximum atomic E-state index is 12.7. The van der Waals surface area contributed by atoms with E-state index < -0.39 is 0 Å². The van der Waals surface area contributed by atoms with E-state index in [0.29, 0.717) is 24.1 Å². The van der Waals surface area contributed by atoms with Crippen molar-refractivity contribution in [2.75, 3.05) is 17.2 Å². The van der Waals surface area contributed by atoms with Gasteiger partial charge in [0, 0.05) is 23.7 Å². The van der Waals surface area contributed by atoms with Gasteiger partial charge in [-0.15, -0.1) is 11.8 Å². The minimum atomic E-state index is -0.315. The van der Waals surface area contributed by atoms with Crippen LogP contribution in [0.5, 0.6) is 5.75 Å². The lowest BCUT2D eigenvalue weighted by Crippen LogP contribution is -2.23. The van der Waals surface area contributed by atoms with Crippen molar-refractivity contribution in [3.63, 3.8) is 0 Å². The van der Waals surface area contributed by atoms with Crippen LogP contribution in [0.2, 0.25) is 0 Å². The van der Waals surface area contributed by atoms with Crippen LogP contribution in [0.25, 0.3) is 0 Å². The summed E-state index contributed by atoms with van der Waals surface area (Å²) >= 11 is 1.45. The van der Waals surface area contributed by atoms with Gasteiger partial charge in [0.2, 0.25) is 11.8 Å². The number of nitrogens with one attached hydrogen (secondary N) is 2. The fourth-order valence-electron chi connectivity index (χ4n) is 3.46. The van der Waals surface area contributed by atoms with Gasteiger partial charge in [-0.1, -0.05) is 19.3 Å². The quantitative estimate of drug-likeness (QED) is 0.572. The standard InChI is InChI=1S/C23H29N3O3S/c1-16(30-20-12-10-19(11-13-20)25-17(2)27)23(28)26-22-21(9-6-14-24-22)29-15-18-7-4-3-5-8-18/h6,9-14,16,18H,3-5,7-8,15H2,1-2H3,(H,25,27)(H,24,26,28). The molecule has 0 saturated heterocycles. The number of thioether (sulfide) groups is 1. The monoisotopic (exact) mass is 427 g/mol. The Morgan fingerprint density at radius 3 is 2.57 bits per heavy atom. The SMILES string of the molecule is CC(=O)Nc1ccc(SC(C)C(=O)Nc2ncccc2OCC2CCCCC2)cc1. The maximum absolute atomic E-state index is 12.7. The van der Waals surface area contributed by atoms with Crippen LogP contribution >= 0.6 is 11.8 Å². The molecule has 160 valence electrons. The molecule has 7 heteroatoms. The third-order valence-electron chi connectivity index (χ3n) is 5.07. The van der Waals surface area contributed by atoms with E-state index in [0.717, 1.165) is 10.6 Å². The first kappa shape index (κ1) is 22.2. The van der Waals surface area contributed by atoms with E-state index >= 15 is 0 Å². The highest BCUT2D eigenvalue weighted by atomic mass is 32.2. The van der Waals surface area contributed by atoms with Crippen molar-refractivity contribution < 1.29 is 14.3 Å². The number of aromatic nitrogens is 1. The average molecular weight is 428 g/mol. The summed E-state index contributed by atoms with van der Waals surface area (Å²) in [7, 11) is 0. The van der Waals surface area contributed by atoms with Gasteiger partial charge in [-0.25, -0.2) is 4.98 Å². The second-order valence-electron chi connectivity index (χ2n) is 7.62. The number of amides is 2. The summed E-state index contributed by atoms with van der Waals surface area (Å²) in [6.45, 7) is 3.99. The van der Waals surface area contributed by atoms with E-state index in [4.69, 9.17) is 4.74 Å². The number of benzene rings is 1. The zero-order valence-corrected chi connectivity index (χ0v) is 18.3. The number of hydrogen-bond donors (Lipinski definition) is 2. The molecular formula is C23H29N3O3S. The highest BCUT2D eigenvalue weighted by molar-refractivity contribution is 8.00. The average Bonchev–Trinajstić information content (AvgIpc) is 2.75. The van der Waals surface area contributed by atoms with Crippen molar-refractivity contribution in [3.05, 3.63) is 42.6 Å². The molecule has 1 saturated carbocycles. The van der Waals surface area contributed by atoms with Gasteiger partial charge in [-0.2, -0.15) is 0 Å². The van der Waals surface area contributed by atoms with Gasteiger partial charge in [0.1, 0.15) is 0 Å². The van der Waals surface area contributed by atoms with Crippen LogP contribution in [0.4, 0.5) is 11.5 Å². The smallest absolute Gasteiger partial charge is 0.238 e. The fourth-order valence-corrected chi connectivity index (χ4v) is 4.33. The molecule has 2 amide bonds. The number of anilines is 2. The summed E-state index contributed by atoms with van der Waals surface area (Å²) in [5, 5.41) is 5.32. The van der Waals surface area contributed by atoms with Crippen LogP contribution in [-0.4, -0.2) is 28.7 Å². The number of carbonyl (C=O) groups is 2. The largest absolute Gasteiger partial charge is 0.489 e. The molecule has 1 atom stereocenters. The Morgan fingerprint density at radius 1 is 1.13 bits per heavy atom. The zero-order chi connectivity index (χ0) is 21.3. The Morgan fingerprint density at radius 2 is 1.87 bits per heavy atom. The third-order valence-corrected chi connectivity index (χ3v) is 6.18. The van der Waals surface area contributed by atoms with Crippen molar-refractivity contribution in [1.29, 1.82) is 0 Å². The van der Waals surface area contributed by atoms with Gasteiger partial charge in [-0.05, 0) is 62.1 Å². The first-order valence-corrected chi connectivity index (χ1v) is 11.3. The van der Waals surface area contributed by atoms with Crippen LogP contribution < -0.4 is 15.4 Å². The minimum Gasteiger partial charge on any atom is -0.489 e. The summed E-state index contributed by atoms with van der Waals surface area (Å²) < 4.78 is 6.00. The van der Waals surface area contributed by atoms with Crippen LogP contribution in [-0.2, 0) is 9.59 Å². The molecule has 2 N–H and O–H groups in total. The molecule has 6 nitrogen and oxygen atoms in total. The molecule has 2 aromatic rings. The van der Waals surface area contributed by atoms with Gasteiger partial charge in [0.05, 0.1) is 11.9 Å². The molecule has 1 unspecified atom stereocenters. The molecule has 30 heavy (non-hydrogen) atoms. The van der Waals surface area contributed by atoms with Crippen molar-refractivity contribution in [2.24, 2.45) is 5.92 Å². The van der Waals surface area contributed by atoms with Crippen molar-refractivity contribution in [3.8, 4) is 5.75 Å². The Hall–Kier alpha value is -2.54. The fraction of sp³-hybridized carbons (Fsp3) is 0.435. The van der Waals surface area contributed by atoms with Crippen LogP contribution in [0, 0.1) is 5.92 Å². The highest BCUT2D eigenvalue weighted by Gasteiger charge is 2.19. The van der Waals surface area contributed by atoms with Gasteiger partial charge >= 0.3 is 0 Å². The molecule has 1 aliphatic carbocycles. The molecule has 1 aromatic heterocycles. The zero-order valence-electron chi connectivity index (χ0n) is 17.5. The topological polar surface area (TPSA) is 80.3 Å². The maximum Gasteiger partial charge on any atom is 0.238 e. The van der Waals surface area contributed by atoms with E-state index in [9.17, 15) is 9.59 Å². The number of hydrogen-bond acceptors (Lipinski definition) is 5. The third kappa shape index (κ3) is 6.76. The Kier molecular flexibility index (Phi) is 8.13. The molecule has 0 radical (unpaired) electrons. The highest BCUT2D eigenvalue weighted by Crippen LogP contribution is 2.29. The number of ether oxygens (including phenoxy) is 1. The van der Waals surface area contributed by atoms with Gasteiger partial charge < -0.3 is 15.4 Å². The minimum absolute atomic E-state index is 0.111. The second kappa shape index (κ2) is 11.0. The Bertz CT molecular complexity index is 851. The van der Waals surface area contributed by atoms with Crippen molar-refractivity contribution >= 4 is 35.1 Å². The predicted molar refractivity (Wildman–Crippen MR) is 121 cm³/mol. The van der Waals surface area contributed by atoms with Crippen LogP contribution in [0.1, 0.15) is 46.0 Å². The van der Waals surface area contributed by atoms with Gasteiger partial charge in [-0.3, -0.25) is 9.59 Å². The lowest BCUT2D eigenvalue weighted by Gasteiger charge is -2.22. The molecule has 1 heterocycles. The number of pyridine rings is 1. The lowest BCUT2D eigenvalue weighted by atomic mass is 9.90. The normalized spacial score (nSPS) is 15.3. The second-order valence-corrected chi connectivity index (χ2v) is 9.03. The van der Waals surface area contributed by atoms with Gasteiger partial charge in [0.25, 0.3) is 0 Å². The van der Waals surface area contributed by atoms with E-state index in [-0.39, 0.29) is 17.1 Å². The number of nitrogens with zero attached hydrogens (tertiary/aromatic N) is 1.